The highest BCUT2D eigenvalue weighted by Crippen LogP contribution is 2.26. The van der Waals surface area contributed by atoms with Gasteiger partial charge in [0.25, 0.3) is 0 Å². The molecule has 0 saturated carbocycles. The average Bonchev–Trinajstić information content (AvgIpc) is 3.31. The van der Waals surface area contributed by atoms with Crippen LogP contribution >= 0.6 is 12.4 Å². The van der Waals surface area contributed by atoms with Gasteiger partial charge in [0.15, 0.2) is 5.82 Å². The molecule has 5 aromatic rings. The van der Waals surface area contributed by atoms with Crippen molar-refractivity contribution in [3.8, 4) is 17.1 Å². The zero-order chi connectivity index (χ0) is 27.6. The summed E-state index contributed by atoms with van der Waals surface area (Å²) in [4.78, 5) is 12.1. The molecule has 5 rings (SSSR count). The molecule has 0 fully saturated rings. The van der Waals surface area contributed by atoms with Gasteiger partial charge in [0.2, 0.25) is 10.0 Å². The summed E-state index contributed by atoms with van der Waals surface area (Å²) in [6.45, 7) is 0. The number of amidine groups is 1. The number of nitrogens with two attached hydrogens (primary N) is 1. The van der Waals surface area contributed by atoms with Crippen molar-refractivity contribution in [2.45, 2.75) is 17.4 Å². The molecule has 0 aliphatic rings. The third kappa shape index (κ3) is 5.86. The summed E-state index contributed by atoms with van der Waals surface area (Å²) in [7, 11) is -4.04. The van der Waals surface area contributed by atoms with Crippen molar-refractivity contribution in [1.29, 1.82) is 5.41 Å². The highest BCUT2D eigenvalue weighted by Gasteiger charge is 2.27. The third-order valence-electron chi connectivity index (χ3n) is 6.26. The van der Waals surface area contributed by atoms with Crippen molar-refractivity contribution < 1.29 is 18.3 Å². The van der Waals surface area contributed by atoms with Gasteiger partial charge in [-0.05, 0) is 35.9 Å². The van der Waals surface area contributed by atoms with Gasteiger partial charge < -0.3 is 10.8 Å². The van der Waals surface area contributed by atoms with Crippen molar-refractivity contribution in [1.82, 2.24) is 19.5 Å². The number of hydrogen-bond acceptors (Lipinski definition) is 6. The lowest BCUT2D eigenvalue weighted by Crippen LogP contribution is -2.42. The van der Waals surface area contributed by atoms with Crippen LogP contribution in [0.4, 0.5) is 0 Å². The molecule has 1 atom stereocenters. The molecule has 204 valence electrons. The first kappa shape index (κ1) is 28.4. The number of aliphatic carboxylic acids is 1. The number of para-hydroxylation sites is 1. The van der Waals surface area contributed by atoms with Gasteiger partial charge in [0.1, 0.15) is 11.9 Å². The van der Waals surface area contributed by atoms with Gasteiger partial charge >= 0.3 is 5.97 Å². The molecule has 0 amide bonds. The zero-order valence-corrected chi connectivity index (χ0v) is 22.6. The van der Waals surface area contributed by atoms with E-state index in [-0.39, 0.29) is 29.6 Å². The fourth-order valence-electron chi connectivity index (χ4n) is 4.28. The number of carboxylic acid groups (broad SMARTS) is 1. The predicted molar refractivity (Wildman–Crippen MR) is 154 cm³/mol. The van der Waals surface area contributed by atoms with Gasteiger partial charge in [-0.3, -0.25) is 14.8 Å². The van der Waals surface area contributed by atoms with Gasteiger partial charge in [-0.15, -0.1) is 22.6 Å². The molecule has 0 aliphatic carbocycles. The quantitative estimate of drug-likeness (QED) is 0.153. The van der Waals surface area contributed by atoms with Crippen LogP contribution in [0.2, 0.25) is 0 Å². The van der Waals surface area contributed by atoms with Crippen molar-refractivity contribution >= 4 is 45.1 Å². The fourth-order valence-corrected chi connectivity index (χ4v) is 5.50. The van der Waals surface area contributed by atoms with Gasteiger partial charge in [-0.1, -0.05) is 60.7 Å². The van der Waals surface area contributed by atoms with Gasteiger partial charge in [-0.2, -0.15) is 4.72 Å². The van der Waals surface area contributed by atoms with E-state index in [0.29, 0.717) is 22.6 Å². The Morgan fingerprint density at radius 2 is 1.62 bits per heavy atom. The second-order valence-corrected chi connectivity index (χ2v) is 10.6. The van der Waals surface area contributed by atoms with E-state index in [1.54, 1.807) is 47.2 Å². The summed E-state index contributed by atoms with van der Waals surface area (Å²) in [5.74, 6) is -0.791. The summed E-state index contributed by atoms with van der Waals surface area (Å²) in [5.41, 5.74) is 8.99. The maximum absolute atomic E-state index is 12.8. The standard InChI is InChI=1S/C28H24N6O4S.ClH/c29-27(30)19-12-10-18(11-13-19)23-14-15-26(32-31-23)34-17-20(22-8-4-5-9-25(22)34)16-24(28(35)36)33-39(37,38)21-6-2-1-3-7-21;/h1-15,17,24,33H,16H2,(H3,29,30)(H,35,36);1H. The van der Waals surface area contributed by atoms with Gasteiger partial charge in [0.05, 0.1) is 16.1 Å². The molecule has 0 saturated heterocycles. The lowest BCUT2D eigenvalue weighted by atomic mass is 10.1. The molecule has 40 heavy (non-hydrogen) atoms. The number of nitrogen functional groups attached to an aromatic ring is 1. The van der Waals surface area contributed by atoms with Crippen LogP contribution in [0.1, 0.15) is 11.1 Å². The highest BCUT2D eigenvalue weighted by atomic mass is 35.5. The van der Waals surface area contributed by atoms with Crippen molar-refractivity contribution in [2.24, 2.45) is 5.73 Å². The Hall–Kier alpha value is -4.58. The molecular formula is C28H25ClN6O4S. The molecule has 0 spiro atoms. The largest absolute Gasteiger partial charge is 0.480 e. The monoisotopic (exact) mass is 576 g/mol. The van der Waals surface area contributed by atoms with E-state index in [2.05, 4.69) is 14.9 Å². The van der Waals surface area contributed by atoms with E-state index in [9.17, 15) is 18.3 Å². The van der Waals surface area contributed by atoms with E-state index in [0.717, 1.165) is 16.5 Å². The van der Waals surface area contributed by atoms with Gasteiger partial charge in [0, 0.05) is 29.1 Å². The number of halogens is 1. The Balaban J connectivity index is 0.00000370. The summed E-state index contributed by atoms with van der Waals surface area (Å²) in [5, 5.41) is 26.9. The first-order valence-electron chi connectivity index (χ1n) is 11.9. The maximum Gasteiger partial charge on any atom is 0.322 e. The normalized spacial score (nSPS) is 12.0. The molecule has 1 unspecified atom stereocenters. The van der Waals surface area contributed by atoms with Crippen LogP contribution in [-0.2, 0) is 21.2 Å². The topological polar surface area (TPSA) is 164 Å². The third-order valence-corrected chi connectivity index (χ3v) is 7.74. The second-order valence-electron chi connectivity index (χ2n) is 8.84. The molecule has 2 heterocycles. The number of fused-ring (bicyclic) bond motifs is 1. The lowest BCUT2D eigenvalue weighted by molar-refractivity contribution is -0.138. The summed E-state index contributed by atoms with van der Waals surface area (Å²) >= 11 is 0. The lowest BCUT2D eigenvalue weighted by Gasteiger charge is -2.14. The Kier molecular flexibility index (Phi) is 8.29. The first-order chi connectivity index (χ1) is 18.7. The summed E-state index contributed by atoms with van der Waals surface area (Å²) < 4.78 is 29.7. The number of aromatic nitrogens is 3. The van der Waals surface area contributed by atoms with E-state index in [4.69, 9.17) is 11.1 Å². The van der Waals surface area contributed by atoms with Crippen LogP contribution in [0.5, 0.6) is 0 Å². The van der Waals surface area contributed by atoms with Gasteiger partial charge in [-0.25, -0.2) is 8.42 Å². The van der Waals surface area contributed by atoms with E-state index in [1.807, 2.05) is 42.5 Å². The van der Waals surface area contributed by atoms with Crippen LogP contribution in [-0.4, -0.2) is 46.1 Å². The van der Waals surface area contributed by atoms with Crippen LogP contribution in [0, 0.1) is 5.41 Å². The van der Waals surface area contributed by atoms with Crippen molar-refractivity contribution in [3.05, 3.63) is 108 Å². The summed E-state index contributed by atoms with van der Waals surface area (Å²) in [6, 6.07) is 24.4. The summed E-state index contributed by atoms with van der Waals surface area (Å²) in [6.07, 6.45) is 1.67. The Morgan fingerprint density at radius 1 is 0.950 bits per heavy atom. The molecule has 12 heteroatoms. The molecule has 0 bridgehead atoms. The molecule has 0 radical (unpaired) electrons. The highest BCUT2D eigenvalue weighted by molar-refractivity contribution is 7.89. The number of carboxylic acids is 1. The van der Waals surface area contributed by atoms with E-state index in [1.165, 1.54) is 12.1 Å². The first-order valence-corrected chi connectivity index (χ1v) is 13.4. The second kappa shape index (κ2) is 11.7. The molecule has 0 aliphatic heterocycles. The van der Waals surface area contributed by atoms with E-state index < -0.39 is 22.0 Å². The molecule has 10 nitrogen and oxygen atoms in total. The van der Waals surface area contributed by atoms with Crippen molar-refractivity contribution in [2.75, 3.05) is 0 Å². The molecular weight excluding hydrogens is 552 g/mol. The minimum Gasteiger partial charge on any atom is -0.480 e. The smallest absolute Gasteiger partial charge is 0.322 e. The van der Waals surface area contributed by atoms with Crippen LogP contribution < -0.4 is 10.5 Å². The Labute approximate surface area is 236 Å². The predicted octanol–water partition coefficient (Wildman–Crippen LogP) is 3.77. The average molecular weight is 577 g/mol. The maximum atomic E-state index is 12.8. The number of benzene rings is 3. The zero-order valence-electron chi connectivity index (χ0n) is 20.9. The fraction of sp³-hybridized carbons (Fsp3) is 0.0714. The number of nitrogens with one attached hydrogen (secondary N) is 2. The van der Waals surface area contributed by atoms with Crippen molar-refractivity contribution in [3.63, 3.8) is 0 Å². The minimum absolute atomic E-state index is 0. The molecule has 5 N–H and O–H groups in total. The number of nitrogens with zero attached hydrogens (tertiary/aromatic N) is 3. The van der Waals surface area contributed by atoms with Crippen LogP contribution in [0.25, 0.3) is 28.0 Å². The number of rotatable bonds is 9. The minimum atomic E-state index is -4.04. The van der Waals surface area contributed by atoms with E-state index >= 15 is 0 Å². The Bertz CT molecular complexity index is 1770. The number of carbonyl (C=O) groups is 1. The number of hydrogen-bond donors (Lipinski definition) is 4. The SMILES string of the molecule is Cl.N=C(N)c1ccc(-c2ccc(-n3cc(CC(NS(=O)(=O)c4ccccc4)C(=O)O)c4ccccc43)nn2)cc1. The van der Waals surface area contributed by atoms with Crippen LogP contribution in [0.3, 0.4) is 0 Å². The Morgan fingerprint density at radius 3 is 2.25 bits per heavy atom. The molecule has 3 aromatic carbocycles. The van der Waals surface area contributed by atoms with Crippen LogP contribution in [0.15, 0.2) is 102 Å². The molecule has 2 aromatic heterocycles. The number of sulfonamides is 1.